The van der Waals surface area contributed by atoms with Gasteiger partial charge in [-0.25, -0.2) is 4.79 Å². The topological polar surface area (TPSA) is 55.8 Å². The molecule has 1 unspecified atom stereocenters. The van der Waals surface area contributed by atoms with Crippen LogP contribution in [-0.4, -0.2) is 24.3 Å². The van der Waals surface area contributed by atoms with Crippen LogP contribution in [-0.2, 0) is 11.2 Å². The van der Waals surface area contributed by atoms with E-state index in [0.717, 1.165) is 11.1 Å². The fraction of sp³-hybridized carbons (Fsp3) is 0.235. The van der Waals surface area contributed by atoms with Crippen molar-refractivity contribution in [2.75, 3.05) is 7.11 Å². The van der Waals surface area contributed by atoms with Crippen LogP contribution in [0.4, 0.5) is 0 Å². The van der Waals surface area contributed by atoms with E-state index in [0.29, 0.717) is 11.5 Å². The van der Waals surface area contributed by atoms with Crippen LogP contribution in [0.2, 0.25) is 0 Å². The maximum atomic E-state index is 11.5. The predicted octanol–water partition coefficient (Wildman–Crippen LogP) is 3.08. The number of hydrogen-bond acceptors (Lipinski definition) is 3. The molecule has 110 valence electrons. The average Bonchev–Trinajstić information content (AvgIpc) is 2.49. The van der Waals surface area contributed by atoms with Gasteiger partial charge in [0, 0.05) is 6.42 Å². The molecular weight excluding hydrogens is 268 g/mol. The van der Waals surface area contributed by atoms with E-state index in [2.05, 4.69) is 0 Å². The van der Waals surface area contributed by atoms with Crippen molar-refractivity contribution in [2.45, 2.75) is 19.4 Å². The molecule has 2 rings (SSSR count). The molecule has 0 amide bonds. The number of methoxy groups -OCH3 is 1. The van der Waals surface area contributed by atoms with Gasteiger partial charge in [0.15, 0.2) is 6.10 Å². The van der Waals surface area contributed by atoms with Crippen molar-refractivity contribution < 1.29 is 19.4 Å². The fourth-order valence-electron chi connectivity index (χ4n) is 2.09. The second-order valence-electron chi connectivity index (χ2n) is 4.73. The molecule has 0 heterocycles. The number of aryl methyl sites for hydroxylation is 1. The summed E-state index contributed by atoms with van der Waals surface area (Å²) >= 11 is 0. The second-order valence-corrected chi connectivity index (χ2v) is 4.73. The molecular formula is C17H18O4. The van der Waals surface area contributed by atoms with Crippen molar-refractivity contribution >= 4 is 5.97 Å². The normalized spacial score (nSPS) is 11.7. The van der Waals surface area contributed by atoms with Gasteiger partial charge in [-0.15, -0.1) is 0 Å². The van der Waals surface area contributed by atoms with E-state index < -0.39 is 12.1 Å². The molecule has 21 heavy (non-hydrogen) atoms. The lowest BCUT2D eigenvalue weighted by Gasteiger charge is -2.18. The van der Waals surface area contributed by atoms with E-state index in [1.54, 1.807) is 13.2 Å². The van der Waals surface area contributed by atoms with Crippen molar-refractivity contribution in [2.24, 2.45) is 0 Å². The summed E-state index contributed by atoms with van der Waals surface area (Å²) in [5.41, 5.74) is 1.71. The van der Waals surface area contributed by atoms with Crippen LogP contribution in [0.3, 0.4) is 0 Å². The molecule has 1 N–H and O–H groups in total. The van der Waals surface area contributed by atoms with Gasteiger partial charge in [-0.05, 0) is 30.2 Å². The SMILES string of the molecule is COc1ccccc1CC(Oc1ccccc1C)C(=O)O. The molecule has 0 aliphatic carbocycles. The molecule has 0 spiro atoms. The number of carbonyl (C=O) groups is 1. The summed E-state index contributed by atoms with van der Waals surface area (Å²) in [4.78, 5) is 11.5. The molecule has 0 aliphatic rings. The molecule has 0 radical (unpaired) electrons. The number of hydrogen-bond donors (Lipinski definition) is 1. The summed E-state index contributed by atoms with van der Waals surface area (Å²) < 4.78 is 10.9. The highest BCUT2D eigenvalue weighted by atomic mass is 16.5. The van der Waals surface area contributed by atoms with E-state index >= 15 is 0 Å². The van der Waals surface area contributed by atoms with Gasteiger partial charge in [0.2, 0.25) is 0 Å². The van der Waals surface area contributed by atoms with Crippen LogP contribution in [0.15, 0.2) is 48.5 Å². The quantitative estimate of drug-likeness (QED) is 0.886. The van der Waals surface area contributed by atoms with Crippen molar-refractivity contribution in [1.82, 2.24) is 0 Å². The molecule has 2 aromatic carbocycles. The number of benzene rings is 2. The van der Waals surface area contributed by atoms with Gasteiger partial charge in [0.25, 0.3) is 0 Å². The van der Waals surface area contributed by atoms with Crippen LogP contribution >= 0.6 is 0 Å². The lowest BCUT2D eigenvalue weighted by molar-refractivity contribution is -0.145. The highest BCUT2D eigenvalue weighted by Gasteiger charge is 2.22. The Morgan fingerprint density at radius 1 is 1.10 bits per heavy atom. The zero-order valence-electron chi connectivity index (χ0n) is 12.1. The first-order valence-electron chi connectivity index (χ1n) is 6.69. The third-order valence-corrected chi connectivity index (χ3v) is 3.24. The van der Waals surface area contributed by atoms with Crippen molar-refractivity contribution in [3.63, 3.8) is 0 Å². The monoisotopic (exact) mass is 286 g/mol. The first-order valence-corrected chi connectivity index (χ1v) is 6.69. The molecule has 0 saturated carbocycles. The van der Waals surface area contributed by atoms with Gasteiger partial charge in [-0.2, -0.15) is 0 Å². The van der Waals surface area contributed by atoms with E-state index in [9.17, 15) is 9.90 Å². The third-order valence-electron chi connectivity index (χ3n) is 3.24. The van der Waals surface area contributed by atoms with E-state index in [4.69, 9.17) is 9.47 Å². The van der Waals surface area contributed by atoms with Gasteiger partial charge in [-0.1, -0.05) is 36.4 Å². The molecule has 0 fully saturated rings. The predicted molar refractivity (Wildman–Crippen MR) is 79.9 cm³/mol. The molecule has 0 saturated heterocycles. The second kappa shape index (κ2) is 6.79. The Hall–Kier alpha value is -2.49. The van der Waals surface area contributed by atoms with E-state index in [-0.39, 0.29) is 6.42 Å². The first kappa shape index (κ1) is 14.9. The highest BCUT2D eigenvalue weighted by Crippen LogP contribution is 2.23. The number of carboxylic acid groups (broad SMARTS) is 1. The highest BCUT2D eigenvalue weighted by molar-refractivity contribution is 5.73. The molecule has 1 atom stereocenters. The lowest BCUT2D eigenvalue weighted by atomic mass is 10.1. The number of ether oxygens (including phenoxy) is 2. The van der Waals surface area contributed by atoms with Crippen LogP contribution in [0.1, 0.15) is 11.1 Å². The number of carboxylic acids is 1. The summed E-state index contributed by atoms with van der Waals surface area (Å²) in [6.07, 6.45) is -0.712. The Morgan fingerprint density at radius 3 is 2.33 bits per heavy atom. The molecule has 2 aromatic rings. The minimum Gasteiger partial charge on any atom is -0.496 e. The van der Waals surface area contributed by atoms with E-state index in [1.165, 1.54) is 0 Å². The van der Waals surface area contributed by atoms with Gasteiger partial charge in [-0.3, -0.25) is 0 Å². The zero-order valence-corrected chi connectivity index (χ0v) is 12.1. The number of aliphatic carboxylic acids is 1. The minimum absolute atomic E-state index is 0.244. The Balaban J connectivity index is 2.20. The minimum atomic E-state index is -0.996. The van der Waals surface area contributed by atoms with Crippen LogP contribution in [0, 0.1) is 6.92 Å². The van der Waals surface area contributed by atoms with Crippen molar-refractivity contribution in [3.8, 4) is 11.5 Å². The Kier molecular flexibility index (Phi) is 4.82. The van der Waals surface area contributed by atoms with Gasteiger partial charge >= 0.3 is 5.97 Å². The summed E-state index contributed by atoms with van der Waals surface area (Å²) in [6, 6.07) is 14.7. The maximum absolute atomic E-state index is 11.5. The van der Waals surface area contributed by atoms with Gasteiger partial charge in [0.05, 0.1) is 7.11 Å². The lowest BCUT2D eigenvalue weighted by Crippen LogP contribution is -2.29. The van der Waals surface area contributed by atoms with Crippen molar-refractivity contribution in [3.05, 3.63) is 59.7 Å². The van der Waals surface area contributed by atoms with Gasteiger partial charge < -0.3 is 14.6 Å². The summed E-state index contributed by atoms with van der Waals surface area (Å²) in [5, 5.41) is 9.38. The average molecular weight is 286 g/mol. The Morgan fingerprint density at radius 2 is 1.71 bits per heavy atom. The van der Waals surface area contributed by atoms with Crippen molar-refractivity contribution in [1.29, 1.82) is 0 Å². The Bertz CT molecular complexity index is 622. The molecule has 4 nitrogen and oxygen atoms in total. The maximum Gasteiger partial charge on any atom is 0.345 e. The smallest absolute Gasteiger partial charge is 0.345 e. The van der Waals surface area contributed by atoms with Crippen LogP contribution < -0.4 is 9.47 Å². The molecule has 0 aliphatic heterocycles. The van der Waals surface area contributed by atoms with E-state index in [1.807, 2.05) is 49.4 Å². The number of para-hydroxylation sites is 2. The molecule has 0 bridgehead atoms. The Labute approximate surface area is 123 Å². The number of rotatable bonds is 6. The van der Waals surface area contributed by atoms with Gasteiger partial charge in [0.1, 0.15) is 11.5 Å². The summed E-state index contributed by atoms with van der Waals surface area (Å²) in [5.74, 6) is 0.251. The summed E-state index contributed by atoms with van der Waals surface area (Å²) in [7, 11) is 1.57. The zero-order chi connectivity index (χ0) is 15.2. The molecule has 4 heteroatoms. The van der Waals surface area contributed by atoms with Crippen LogP contribution in [0.25, 0.3) is 0 Å². The third kappa shape index (κ3) is 3.75. The standard InChI is InChI=1S/C17H18O4/c1-12-7-3-5-9-14(12)21-16(17(18)19)11-13-8-4-6-10-15(13)20-2/h3-10,16H,11H2,1-2H3,(H,18,19). The summed E-state index contributed by atoms with van der Waals surface area (Å²) in [6.45, 7) is 1.89. The van der Waals surface area contributed by atoms with Crippen LogP contribution in [0.5, 0.6) is 11.5 Å². The fourth-order valence-corrected chi connectivity index (χ4v) is 2.09. The molecule has 0 aromatic heterocycles. The first-order chi connectivity index (χ1) is 10.1. The largest absolute Gasteiger partial charge is 0.496 e.